The third-order valence-electron chi connectivity index (χ3n) is 2.47. The van der Waals surface area contributed by atoms with Gasteiger partial charge in [0.25, 0.3) is 5.91 Å². The summed E-state index contributed by atoms with van der Waals surface area (Å²) in [6, 6.07) is 0. The summed E-state index contributed by atoms with van der Waals surface area (Å²) in [5, 5.41) is 6.39. The van der Waals surface area contributed by atoms with E-state index in [0.717, 1.165) is 0 Å². The van der Waals surface area contributed by atoms with E-state index in [-0.39, 0.29) is 18.2 Å². The number of aromatic nitrogens is 2. The molecule has 1 rings (SSSR count). The van der Waals surface area contributed by atoms with Crippen molar-refractivity contribution in [2.45, 2.75) is 6.42 Å². The molecule has 0 radical (unpaired) electrons. The fourth-order valence-corrected chi connectivity index (χ4v) is 1.39. The molecular weight excluding hydrogens is 222 g/mol. The number of aryl methyl sites for hydroxylation is 1. The third kappa shape index (κ3) is 2.96. The first-order valence-corrected chi connectivity index (χ1v) is 5.21. The number of amides is 2. The van der Waals surface area contributed by atoms with Crippen LogP contribution in [0.5, 0.6) is 0 Å². The van der Waals surface area contributed by atoms with Gasteiger partial charge in [0.1, 0.15) is 5.69 Å². The first-order chi connectivity index (χ1) is 7.97. The lowest BCUT2D eigenvalue weighted by Gasteiger charge is -2.16. The number of hydrogen-bond donors (Lipinski definition) is 2. The largest absolute Gasteiger partial charge is 0.396 e. The van der Waals surface area contributed by atoms with Crippen molar-refractivity contribution in [1.82, 2.24) is 20.0 Å². The molecule has 0 aromatic carbocycles. The highest BCUT2D eigenvalue weighted by atomic mass is 16.2. The number of nitrogens with one attached hydrogen (secondary N) is 1. The van der Waals surface area contributed by atoms with Crippen molar-refractivity contribution >= 4 is 17.5 Å². The Kier molecular flexibility index (Phi) is 4.08. The van der Waals surface area contributed by atoms with Crippen molar-refractivity contribution in [2.24, 2.45) is 7.05 Å². The number of hydrogen-bond acceptors (Lipinski definition) is 4. The fourth-order valence-electron chi connectivity index (χ4n) is 1.39. The van der Waals surface area contributed by atoms with Crippen LogP contribution >= 0.6 is 0 Å². The van der Waals surface area contributed by atoms with Gasteiger partial charge in [0.05, 0.1) is 11.9 Å². The smallest absolute Gasteiger partial charge is 0.274 e. The second-order valence-electron chi connectivity index (χ2n) is 3.72. The molecule has 0 aliphatic rings. The number of nitrogens with zero attached hydrogens (tertiary/aromatic N) is 3. The minimum atomic E-state index is -0.244. The van der Waals surface area contributed by atoms with Crippen molar-refractivity contribution < 1.29 is 9.59 Å². The Balaban J connectivity index is 2.67. The minimum absolute atomic E-state index is 0.109. The maximum absolute atomic E-state index is 12.0. The second-order valence-corrected chi connectivity index (χ2v) is 3.72. The lowest BCUT2D eigenvalue weighted by Crippen LogP contribution is -2.32. The number of rotatable bonds is 4. The summed E-state index contributed by atoms with van der Waals surface area (Å²) >= 11 is 0. The standard InChI is InChI=1S/C10H17N5O2/c1-12-8(16)4-5-14(2)10(17)9-7(11)6-13-15(9)3/h6H,4-5,11H2,1-3H3,(H,12,16). The number of nitrogens with two attached hydrogens (primary N) is 1. The van der Waals surface area contributed by atoms with Crippen molar-refractivity contribution in [1.29, 1.82) is 0 Å². The monoisotopic (exact) mass is 239 g/mol. The van der Waals surface area contributed by atoms with Gasteiger partial charge in [-0.15, -0.1) is 0 Å². The second kappa shape index (κ2) is 5.33. The minimum Gasteiger partial charge on any atom is -0.396 e. The molecule has 1 aromatic heterocycles. The lowest BCUT2D eigenvalue weighted by atomic mass is 10.3. The van der Waals surface area contributed by atoms with E-state index in [2.05, 4.69) is 10.4 Å². The molecule has 94 valence electrons. The van der Waals surface area contributed by atoms with Crippen LogP contribution in [0.2, 0.25) is 0 Å². The summed E-state index contributed by atoms with van der Waals surface area (Å²) in [6.45, 7) is 0.336. The van der Waals surface area contributed by atoms with Crippen LogP contribution in [0, 0.1) is 0 Å². The maximum Gasteiger partial charge on any atom is 0.274 e. The first-order valence-electron chi connectivity index (χ1n) is 5.21. The van der Waals surface area contributed by atoms with E-state index in [1.807, 2.05) is 0 Å². The van der Waals surface area contributed by atoms with Gasteiger partial charge in [-0.3, -0.25) is 14.3 Å². The van der Waals surface area contributed by atoms with Crippen molar-refractivity contribution in [2.75, 3.05) is 26.4 Å². The Hall–Kier alpha value is -2.05. The van der Waals surface area contributed by atoms with Crippen molar-refractivity contribution in [3.8, 4) is 0 Å². The van der Waals surface area contributed by atoms with Gasteiger partial charge in [0, 0.05) is 34.1 Å². The van der Waals surface area contributed by atoms with Gasteiger partial charge in [0.2, 0.25) is 5.91 Å². The molecule has 0 saturated carbocycles. The zero-order chi connectivity index (χ0) is 13.0. The number of carbonyl (C=O) groups excluding carboxylic acids is 2. The van der Waals surface area contributed by atoms with Gasteiger partial charge < -0.3 is 16.0 Å². The summed E-state index contributed by atoms with van der Waals surface area (Å²) in [4.78, 5) is 24.5. The summed E-state index contributed by atoms with van der Waals surface area (Å²) in [7, 11) is 4.83. The molecule has 0 fully saturated rings. The molecule has 0 saturated heterocycles. The summed E-state index contributed by atoms with van der Waals surface area (Å²) < 4.78 is 1.42. The van der Waals surface area contributed by atoms with E-state index in [1.165, 1.54) is 15.8 Å². The van der Waals surface area contributed by atoms with Crippen LogP contribution in [0.3, 0.4) is 0 Å². The number of anilines is 1. The van der Waals surface area contributed by atoms with E-state index in [4.69, 9.17) is 5.73 Å². The average molecular weight is 239 g/mol. The normalized spacial score (nSPS) is 10.1. The SMILES string of the molecule is CNC(=O)CCN(C)C(=O)c1c(N)cnn1C. The average Bonchev–Trinajstić information content (AvgIpc) is 2.64. The Morgan fingerprint density at radius 3 is 2.71 bits per heavy atom. The Morgan fingerprint density at radius 2 is 2.24 bits per heavy atom. The summed E-state index contributed by atoms with van der Waals surface area (Å²) in [6.07, 6.45) is 1.69. The van der Waals surface area contributed by atoms with Crippen molar-refractivity contribution in [3.05, 3.63) is 11.9 Å². The summed E-state index contributed by atoms with van der Waals surface area (Å²) in [5.41, 5.74) is 6.33. The molecule has 17 heavy (non-hydrogen) atoms. The predicted octanol–water partition coefficient (Wildman–Crippen LogP) is -0.790. The molecule has 7 nitrogen and oxygen atoms in total. The van der Waals surface area contributed by atoms with Gasteiger partial charge in [0.15, 0.2) is 0 Å². The van der Waals surface area contributed by atoms with Gasteiger partial charge in [-0.1, -0.05) is 0 Å². The molecule has 0 bridgehead atoms. The predicted molar refractivity (Wildman–Crippen MR) is 63.3 cm³/mol. The molecule has 0 aliphatic heterocycles. The van der Waals surface area contributed by atoms with E-state index < -0.39 is 0 Å². The highest BCUT2D eigenvalue weighted by Crippen LogP contribution is 2.11. The fraction of sp³-hybridized carbons (Fsp3) is 0.500. The van der Waals surface area contributed by atoms with E-state index in [0.29, 0.717) is 17.9 Å². The van der Waals surface area contributed by atoms with Gasteiger partial charge >= 0.3 is 0 Å². The number of nitrogen functional groups attached to an aromatic ring is 1. The molecule has 0 atom stereocenters. The Labute approximate surface area is 99.6 Å². The summed E-state index contributed by atoms with van der Waals surface area (Å²) in [5.74, 6) is -0.353. The van der Waals surface area contributed by atoms with E-state index in [1.54, 1.807) is 21.1 Å². The molecule has 0 aliphatic carbocycles. The molecule has 7 heteroatoms. The molecule has 3 N–H and O–H groups in total. The highest BCUT2D eigenvalue weighted by Gasteiger charge is 2.19. The zero-order valence-corrected chi connectivity index (χ0v) is 10.2. The van der Waals surface area contributed by atoms with Crippen LogP contribution < -0.4 is 11.1 Å². The molecule has 1 aromatic rings. The lowest BCUT2D eigenvalue weighted by molar-refractivity contribution is -0.120. The number of carbonyl (C=O) groups is 2. The van der Waals surface area contributed by atoms with Crippen LogP contribution in [0.15, 0.2) is 6.20 Å². The molecule has 0 spiro atoms. The maximum atomic E-state index is 12.0. The third-order valence-corrected chi connectivity index (χ3v) is 2.47. The van der Waals surface area contributed by atoms with Crippen LogP contribution in [0.4, 0.5) is 5.69 Å². The molecular formula is C10H17N5O2. The molecule has 1 heterocycles. The zero-order valence-electron chi connectivity index (χ0n) is 10.2. The van der Waals surface area contributed by atoms with Gasteiger partial charge in [-0.2, -0.15) is 5.10 Å². The van der Waals surface area contributed by atoms with Crippen molar-refractivity contribution in [3.63, 3.8) is 0 Å². The van der Waals surface area contributed by atoms with Crippen LogP contribution in [0.25, 0.3) is 0 Å². The van der Waals surface area contributed by atoms with E-state index >= 15 is 0 Å². The van der Waals surface area contributed by atoms with Crippen LogP contribution in [0.1, 0.15) is 16.9 Å². The quantitative estimate of drug-likeness (QED) is 0.720. The van der Waals surface area contributed by atoms with Gasteiger partial charge in [-0.25, -0.2) is 0 Å². The molecule has 2 amide bonds. The van der Waals surface area contributed by atoms with Crippen LogP contribution in [-0.4, -0.2) is 47.1 Å². The van der Waals surface area contributed by atoms with E-state index in [9.17, 15) is 9.59 Å². The Morgan fingerprint density at radius 1 is 1.59 bits per heavy atom. The molecule has 0 unspecified atom stereocenters. The Bertz CT molecular complexity index is 407. The first kappa shape index (κ1) is 13.0. The van der Waals surface area contributed by atoms with Gasteiger partial charge in [-0.05, 0) is 0 Å². The topological polar surface area (TPSA) is 93.2 Å². The van der Waals surface area contributed by atoms with Crippen LogP contribution in [-0.2, 0) is 11.8 Å². The highest BCUT2D eigenvalue weighted by molar-refractivity contribution is 5.97.